The molecule has 8 nitrogen and oxygen atoms in total. The van der Waals surface area contributed by atoms with Crippen LogP contribution in [0.5, 0.6) is 23.0 Å². The Morgan fingerprint density at radius 1 is 0.468 bits per heavy atom. The summed E-state index contributed by atoms with van der Waals surface area (Å²) in [6.45, 7) is 3.23. The normalized spacial score (nSPS) is 23.8. The Labute approximate surface area is 275 Å². The predicted octanol–water partition coefficient (Wildman–Crippen LogP) is 7.11. The lowest BCUT2D eigenvalue weighted by molar-refractivity contribution is 0.135. The SMILES string of the molecule is Nc1ccc(Oc2ccc(C(c3ccc(Oc4ccc(N)cc4)cc3)(C(CC3CO3)CC3CO3)C(CC3CO3)CC3CO3)cc2)cc1. The fourth-order valence-corrected chi connectivity index (χ4v) is 7.41. The maximum atomic E-state index is 6.25. The molecule has 0 amide bonds. The first kappa shape index (κ1) is 30.3. The number of ether oxygens (including phenoxy) is 6. The van der Waals surface area contributed by atoms with Crippen LogP contribution in [0.2, 0.25) is 0 Å². The van der Waals surface area contributed by atoms with Gasteiger partial charge in [0.05, 0.1) is 50.8 Å². The molecule has 4 fully saturated rings. The lowest BCUT2D eigenvalue weighted by Crippen LogP contribution is -2.46. The van der Waals surface area contributed by atoms with E-state index >= 15 is 0 Å². The van der Waals surface area contributed by atoms with Gasteiger partial charge < -0.3 is 39.9 Å². The summed E-state index contributed by atoms with van der Waals surface area (Å²) in [6, 6.07) is 32.4. The molecule has 8 rings (SSSR count). The molecule has 4 atom stereocenters. The largest absolute Gasteiger partial charge is 0.457 e. The lowest BCUT2D eigenvalue weighted by Gasteiger charge is -2.48. The molecule has 0 spiro atoms. The van der Waals surface area contributed by atoms with Crippen LogP contribution < -0.4 is 20.9 Å². The van der Waals surface area contributed by atoms with Crippen molar-refractivity contribution in [3.8, 4) is 23.0 Å². The van der Waals surface area contributed by atoms with Crippen molar-refractivity contribution in [3.05, 3.63) is 108 Å². The average molecular weight is 635 g/mol. The van der Waals surface area contributed by atoms with Gasteiger partial charge >= 0.3 is 0 Å². The van der Waals surface area contributed by atoms with E-state index in [-0.39, 0.29) is 41.7 Å². The second kappa shape index (κ2) is 12.8. The zero-order valence-corrected chi connectivity index (χ0v) is 26.5. The minimum atomic E-state index is -0.366. The van der Waals surface area contributed by atoms with E-state index in [2.05, 4.69) is 48.5 Å². The lowest BCUT2D eigenvalue weighted by atomic mass is 9.55. The molecule has 4 aromatic carbocycles. The number of nitrogens with two attached hydrogens (primary N) is 2. The molecule has 0 saturated carbocycles. The standard InChI is InChI=1S/C39H42N2O6/c40-29-5-13-33(14-6-29)46-31-9-1-25(2-10-31)39(27(17-35-21-42-35)18-36-22-43-36,28(19-37-23-44-37)20-38-24-45-38)26-3-11-32(12-4-26)47-34-15-7-30(41)8-16-34/h1-16,27-28,35-38H,17-24,40-41H2. The van der Waals surface area contributed by atoms with Crippen molar-refractivity contribution >= 4 is 11.4 Å². The highest BCUT2D eigenvalue weighted by molar-refractivity contribution is 5.48. The maximum absolute atomic E-state index is 6.25. The smallest absolute Gasteiger partial charge is 0.127 e. The number of hydrogen-bond donors (Lipinski definition) is 2. The van der Waals surface area contributed by atoms with E-state index in [1.165, 1.54) is 11.1 Å². The second-order valence-electron chi connectivity index (χ2n) is 13.4. The Morgan fingerprint density at radius 2 is 0.723 bits per heavy atom. The average Bonchev–Trinajstić information content (AvgIpc) is 3.88. The molecule has 4 aliphatic heterocycles. The van der Waals surface area contributed by atoms with Crippen LogP contribution in [0.25, 0.3) is 0 Å². The number of benzene rings is 4. The summed E-state index contributed by atoms with van der Waals surface area (Å²) in [5.41, 5.74) is 15.4. The first-order valence-corrected chi connectivity index (χ1v) is 16.8. The van der Waals surface area contributed by atoms with Gasteiger partial charge in [-0.2, -0.15) is 0 Å². The van der Waals surface area contributed by atoms with Crippen molar-refractivity contribution in [1.29, 1.82) is 0 Å². The zero-order valence-electron chi connectivity index (χ0n) is 26.5. The fraction of sp³-hybridized carbons (Fsp3) is 0.385. The topological polar surface area (TPSA) is 121 Å². The molecule has 47 heavy (non-hydrogen) atoms. The molecule has 0 aromatic heterocycles. The number of nitrogen functional groups attached to an aromatic ring is 2. The van der Waals surface area contributed by atoms with E-state index in [0.29, 0.717) is 11.4 Å². The van der Waals surface area contributed by atoms with Gasteiger partial charge in [0.2, 0.25) is 0 Å². The van der Waals surface area contributed by atoms with E-state index in [9.17, 15) is 0 Å². The molecule has 0 radical (unpaired) electrons. The van der Waals surface area contributed by atoms with Crippen molar-refractivity contribution < 1.29 is 28.4 Å². The minimum absolute atomic E-state index is 0.259. The first-order chi connectivity index (χ1) is 23.0. The van der Waals surface area contributed by atoms with Gasteiger partial charge in [0, 0.05) is 16.8 Å². The third-order valence-corrected chi connectivity index (χ3v) is 9.98. The summed E-state index contributed by atoms with van der Waals surface area (Å²) in [4.78, 5) is 0. The maximum Gasteiger partial charge on any atom is 0.127 e. The quantitative estimate of drug-likeness (QED) is 0.0989. The minimum Gasteiger partial charge on any atom is -0.457 e. The molecule has 244 valence electrons. The fourth-order valence-electron chi connectivity index (χ4n) is 7.41. The van der Waals surface area contributed by atoms with Crippen LogP contribution in [0.3, 0.4) is 0 Å². The summed E-state index contributed by atoms with van der Waals surface area (Å²) in [6.07, 6.45) is 4.87. The van der Waals surface area contributed by atoms with Gasteiger partial charge in [0.15, 0.2) is 0 Å². The third kappa shape index (κ3) is 7.26. The monoisotopic (exact) mass is 634 g/mol. The summed E-state index contributed by atoms with van der Waals surface area (Å²) < 4.78 is 36.1. The zero-order chi connectivity index (χ0) is 31.8. The van der Waals surface area contributed by atoms with Gasteiger partial charge in [-0.05, 0) is 121 Å². The van der Waals surface area contributed by atoms with Crippen LogP contribution in [0.1, 0.15) is 36.8 Å². The van der Waals surface area contributed by atoms with Crippen molar-refractivity contribution in [2.75, 3.05) is 37.9 Å². The van der Waals surface area contributed by atoms with E-state index in [4.69, 9.17) is 39.9 Å². The molecule has 0 aliphatic carbocycles. The van der Waals surface area contributed by atoms with Crippen molar-refractivity contribution in [2.45, 2.75) is 55.5 Å². The number of anilines is 2. The molecule has 4 heterocycles. The van der Waals surface area contributed by atoms with Gasteiger partial charge in [-0.15, -0.1) is 0 Å². The highest BCUT2D eigenvalue weighted by Gasteiger charge is 2.53. The molecule has 4 N–H and O–H groups in total. The van der Waals surface area contributed by atoms with Crippen LogP contribution in [0, 0.1) is 11.8 Å². The highest BCUT2D eigenvalue weighted by atomic mass is 16.6. The summed E-state index contributed by atoms with van der Waals surface area (Å²) >= 11 is 0. The van der Waals surface area contributed by atoms with Gasteiger partial charge in [-0.1, -0.05) is 24.3 Å². The van der Waals surface area contributed by atoms with Gasteiger partial charge in [0.1, 0.15) is 23.0 Å². The summed E-state index contributed by atoms with van der Waals surface area (Å²) in [7, 11) is 0. The first-order valence-electron chi connectivity index (χ1n) is 16.8. The Bertz CT molecular complexity index is 1470. The number of hydrogen-bond acceptors (Lipinski definition) is 8. The Hall–Kier alpha value is -4.08. The van der Waals surface area contributed by atoms with Crippen LogP contribution >= 0.6 is 0 Å². The van der Waals surface area contributed by atoms with Crippen molar-refractivity contribution in [1.82, 2.24) is 0 Å². The molecule has 4 saturated heterocycles. The predicted molar refractivity (Wildman–Crippen MR) is 180 cm³/mol. The molecular weight excluding hydrogens is 592 g/mol. The Morgan fingerprint density at radius 3 is 0.979 bits per heavy atom. The van der Waals surface area contributed by atoms with E-state index in [1.54, 1.807) is 0 Å². The van der Waals surface area contributed by atoms with Crippen LogP contribution in [-0.2, 0) is 24.4 Å². The summed E-state index contributed by atoms with van der Waals surface area (Å²) in [5.74, 6) is 3.58. The Kier molecular flexibility index (Phi) is 8.27. The van der Waals surface area contributed by atoms with Crippen LogP contribution in [0.15, 0.2) is 97.1 Å². The molecule has 8 heteroatoms. The molecular formula is C39H42N2O6. The van der Waals surface area contributed by atoms with Gasteiger partial charge in [-0.3, -0.25) is 0 Å². The summed E-state index contributed by atoms with van der Waals surface area (Å²) in [5, 5.41) is 0. The third-order valence-electron chi connectivity index (χ3n) is 9.98. The number of epoxide rings is 4. The van der Waals surface area contributed by atoms with Gasteiger partial charge in [-0.25, -0.2) is 0 Å². The van der Waals surface area contributed by atoms with E-state index in [1.807, 2.05) is 48.5 Å². The van der Waals surface area contributed by atoms with E-state index < -0.39 is 0 Å². The van der Waals surface area contributed by atoms with Gasteiger partial charge in [0.25, 0.3) is 0 Å². The number of rotatable bonds is 16. The van der Waals surface area contributed by atoms with Crippen LogP contribution in [0.4, 0.5) is 11.4 Å². The van der Waals surface area contributed by atoms with Crippen molar-refractivity contribution in [3.63, 3.8) is 0 Å². The Balaban J connectivity index is 1.22. The van der Waals surface area contributed by atoms with E-state index in [0.717, 1.165) is 75.1 Å². The molecule has 4 aromatic rings. The molecule has 4 unspecified atom stereocenters. The highest BCUT2D eigenvalue weighted by Crippen LogP contribution is 2.55. The van der Waals surface area contributed by atoms with Crippen molar-refractivity contribution in [2.24, 2.45) is 11.8 Å². The second-order valence-corrected chi connectivity index (χ2v) is 13.4. The molecule has 4 aliphatic rings. The molecule has 0 bridgehead atoms. The van der Waals surface area contributed by atoms with Crippen LogP contribution in [-0.4, -0.2) is 50.8 Å².